The quantitative estimate of drug-likeness (QED) is 0.415. The molecule has 1 aliphatic heterocycles. The van der Waals surface area contributed by atoms with Crippen molar-refractivity contribution in [1.29, 1.82) is 0 Å². The van der Waals surface area contributed by atoms with Gasteiger partial charge < -0.3 is 19.1 Å². The van der Waals surface area contributed by atoms with Gasteiger partial charge >= 0.3 is 5.97 Å². The highest BCUT2D eigenvalue weighted by Gasteiger charge is 2.20. The molecule has 5 rings (SSSR count). The van der Waals surface area contributed by atoms with E-state index in [2.05, 4.69) is 29.9 Å². The van der Waals surface area contributed by atoms with Gasteiger partial charge in [-0.3, -0.25) is 4.90 Å². The Balaban J connectivity index is 1.24. The van der Waals surface area contributed by atoms with Gasteiger partial charge in [-0.1, -0.05) is 17.3 Å². The molecule has 9 nitrogen and oxygen atoms in total. The molecule has 0 bridgehead atoms. The molecule has 0 unspecified atom stereocenters. The minimum Gasteiger partial charge on any atom is -0.459 e. The molecule has 0 amide bonds. The van der Waals surface area contributed by atoms with Gasteiger partial charge in [-0.2, -0.15) is 4.98 Å². The van der Waals surface area contributed by atoms with Crippen molar-refractivity contribution in [2.75, 3.05) is 25.0 Å². The van der Waals surface area contributed by atoms with E-state index in [1.165, 1.54) is 0 Å². The van der Waals surface area contributed by atoms with E-state index in [0.29, 0.717) is 17.3 Å². The number of aromatic nitrogens is 4. The molecule has 0 aliphatic carbocycles. The number of carbonyl (C=O) groups is 1. The molecule has 9 heteroatoms. The van der Waals surface area contributed by atoms with Crippen molar-refractivity contribution >= 4 is 22.6 Å². The number of nitrogens with one attached hydrogen (secondary N) is 1. The number of nitrogens with zero attached hydrogens (tertiary/aromatic N) is 5. The van der Waals surface area contributed by atoms with Crippen LogP contribution >= 0.6 is 0 Å². The summed E-state index contributed by atoms with van der Waals surface area (Å²) in [7, 11) is 0. The normalized spacial score (nSPS) is 13.9. The molecule has 0 spiro atoms. The number of carbonyl (C=O) groups excluding carboxylic acids is 1. The second-order valence-electron chi connectivity index (χ2n) is 8.80. The smallest absolute Gasteiger partial charge is 0.339 e. The zero-order valence-corrected chi connectivity index (χ0v) is 19.6. The fraction of sp³-hybridized carbons (Fsp3) is 0.360. The standard InChI is InChI=1S/C25H28N6O3/c1-16(2)33-25(32)20-12-21-15-30(10-11-31(21)14-20)9-8-27-24-22-13-19(23-28-17(3)34-29-23)5-4-18(22)6-7-26-24/h4-7,12-14,16H,8-11,15H2,1-3H3,(H,26,27). The van der Waals surface area contributed by atoms with Gasteiger partial charge in [-0.05, 0) is 37.4 Å². The van der Waals surface area contributed by atoms with Crippen LogP contribution in [0.3, 0.4) is 0 Å². The summed E-state index contributed by atoms with van der Waals surface area (Å²) >= 11 is 0. The van der Waals surface area contributed by atoms with Crippen LogP contribution in [0, 0.1) is 6.92 Å². The topological polar surface area (TPSA) is 98.3 Å². The lowest BCUT2D eigenvalue weighted by Crippen LogP contribution is -2.36. The first-order valence-electron chi connectivity index (χ1n) is 11.5. The van der Waals surface area contributed by atoms with E-state index in [-0.39, 0.29) is 12.1 Å². The molecular formula is C25H28N6O3. The molecule has 4 aromatic rings. The van der Waals surface area contributed by atoms with Crippen LogP contribution in [-0.2, 0) is 17.8 Å². The lowest BCUT2D eigenvalue weighted by atomic mass is 10.1. The van der Waals surface area contributed by atoms with Crippen molar-refractivity contribution in [2.45, 2.75) is 40.0 Å². The van der Waals surface area contributed by atoms with E-state index in [9.17, 15) is 4.79 Å². The molecule has 34 heavy (non-hydrogen) atoms. The Morgan fingerprint density at radius 1 is 1.24 bits per heavy atom. The van der Waals surface area contributed by atoms with Crippen LogP contribution < -0.4 is 5.32 Å². The van der Waals surface area contributed by atoms with Gasteiger partial charge in [-0.25, -0.2) is 9.78 Å². The number of benzene rings is 1. The Morgan fingerprint density at radius 3 is 2.91 bits per heavy atom. The van der Waals surface area contributed by atoms with Crippen LogP contribution in [0.2, 0.25) is 0 Å². The first-order chi connectivity index (χ1) is 16.5. The third kappa shape index (κ3) is 4.65. The first-order valence-corrected chi connectivity index (χ1v) is 11.5. The van der Waals surface area contributed by atoms with Crippen LogP contribution in [0.15, 0.2) is 47.2 Å². The largest absolute Gasteiger partial charge is 0.459 e. The second kappa shape index (κ2) is 9.26. The summed E-state index contributed by atoms with van der Waals surface area (Å²) in [5, 5.41) is 9.63. The third-order valence-corrected chi connectivity index (χ3v) is 5.88. The Hall–Kier alpha value is -3.72. The lowest BCUT2D eigenvalue weighted by molar-refractivity contribution is 0.0378. The van der Waals surface area contributed by atoms with Crippen molar-refractivity contribution in [3.05, 3.63) is 59.9 Å². The number of aryl methyl sites for hydroxylation is 1. The SMILES string of the molecule is Cc1nc(-c2ccc3ccnc(NCCN4CCn5cc(C(=O)OC(C)C)cc5C4)c3c2)no1. The number of anilines is 1. The third-order valence-electron chi connectivity index (χ3n) is 5.88. The molecule has 1 aromatic carbocycles. The fourth-order valence-electron chi connectivity index (χ4n) is 4.23. The molecule has 3 aromatic heterocycles. The van der Waals surface area contributed by atoms with Crippen molar-refractivity contribution < 1.29 is 14.1 Å². The van der Waals surface area contributed by atoms with E-state index in [4.69, 9.17) is 9.26 Å². The minimum absolute atomic E-state index is 0.123. The average Bonchev–Trinajstić information content (AvgIpc) is 3.44. The highest BCUT2D eigenvalue weighted by Crippen LogP contribution is 2.26. The van der Waals surface area contributed by atoms with E-state index >= 15 is 0 Å². The molecule has 4 heterocycles. The Bertz CT molecular complexity index is 1330. The summed E-state index contributed by atoms with van der Waals surface area (Å²) in [5.41, 5.74) is 2.64. The van der Waals surface area contributed by atoms with E-state index in [0.717, 1.165) is 60.6 Å². The summed E-state index contributed by atoms with van der Waals surface area (Å²) < 4.78 is 12.6. The number of fused-ring (bicyclic) bond motifs is 2. The maximum absolute atomic E-state index is 12.2. The molecule has 0 saturated heterocycles. The molecule has 0 fully saturated rings. The first kappa shape index (κ1) is 22.1. The van der Waals surface area contributed by atoms with Gasteiger partial charge in [0.25, 0.3) is 0 Å². The van der Waals surface area contributed by atoms with Gasteiger partial charge in [0.1, 0.15) is 5.82 Å². The van der Waals surface area contributed by atoms with Crippen molar-refractivity contribution in [2.24, 2.45) is 0 Å². The Morgan fingerprint density at radius 2 is 2.12 bits per heavy atom. The lowest BCUT2D eigenvalue weighted by Gasteiger charge is -2.28. The Kier molecular flexibility index (Phi) is 6.02. The van der Waals surface area contributed by atoms with Gasteiger partial charge in [-0.15, -0.1) is 0 Å². The summed E-state index contributed by atoms with van der Waals surface area (Å²) in [6.07, 6.45) is 3.59. The number of ether oxygens (including phenoxy) is 1. The number of rotatable bonds is 7. The zero-order valence-electron chi connectivity index (χ0n) is 19.6. The zero-order chi connectivity index (χ0) is 23.7. The van der Waals surface area contributed by atoms with E-state index in [1.807, 2.05) is 56.6 Å². The molecule has 176 valence electrons. The molecule has 1 N–H and O–H groups in total. The van der Waals surface area contributed by atoms with E-state index in [1.54, 1.807) is 6.92 Å². The molecule has 1 aliphatic rings. The predicted octanol–water partition coefficient (Wildman–Crippen LogP) is 3.89. The predicted molar refractivity (Wildman–Crippen MR) is 129 cm³/mol. The fourth-order valence-corrected chi connectivity index (χ4v) is 4.23. The number of hydrogen-bond donors (Lipinski definition) is 1. The summed E-state index contributed by atoms with van der Waals surface area (Å²) in [5.74, 6) is 1.68. The summed E-state index contributed by atoms with van der Waals surface area (Å²) in [6, 6.07) is 10.0. The van der Waals surface area contributed by atoms with Crippen LogP contribution in [-0.4, -0.2) is 56.3 Å². The molecular weight excluding hydrogens is 432 g/mol. The molecule has 0 atom stereocenters. The maximum Gasteiger partial charge on any atom is 0.339 e. The van der Waals surface area contributed by atoms with Gasteiger partial charge in [0, 0.05) is 68.7 Å². The number of esters is 1. The van der Waals surface area contributed by atoms with Crippen molar-refractivity contribution in [1.82, 2.24) is 24.6 Å². The van der Waals surface area contributed by atoms with Gasteiger partial charge in [0.05, 0.1) is 11.7 Å². The minimum atomic E-state index is -0.262. The number of hydrogen-bond acceptors (Lipinski definition) is 8. The maximum atomic E-state index is 12.2. The second-order valence-corrected chi connectivity index (χ2v) is 8.80. The van der Waals surface area contributed by atoms with Crippen LogP contribution in [0.1, 0.15) is 35.8 Å². The number of pyridine rings is 1. The van der Waals surface area contributed by atoms with Gasteiger partial charge in [0.2, 0.25) is 11.7 Å². The van der Waals surface area contributed by atoms with Gasteiger partial charge in [0.15, 0.2) is 0 Å². The molecule has 0 radical (unpaired) electrons. The highest BCUT2D eigenvalue weighted by atomic mass is 16.5. The van der Waals surface area contributed by atoms with E-state index < -0.39 is 0 Å². The summed E-state index contributed by atoms with van der Waals surface area (Å²) in [6.45, 7) is 9.68. The monoisotopic (exact) mass is 460 g/mol. The highest BCUT2D eigenvalue weighted by molar-refractivity contribution is 5.94. The van der Waals surface area contributed by atoms with Crippen LogP contribution in [0.25, 0.3) is 22.2 Å². The summed E-state index contributed by atoms with van der Waals surface area (Å²) in [4.78, 5) is 23.5. The van der Waals surface area contributed by atoms with Crippen LogP contribution in [0.4, 0.5) is 5.82 Å². The Labute approximate surface area is 197 Å². The van der Waals surface area contributed by atoms with Crippen LogP contribution in [0.5, 0.6) is 0 Å². The average molecular weight is 461 g/mol. The van der Waals surface area contributed by atoms with Crippen molar-refractivity contribution in [3.8, 4) is 11.4 Å². The van der Waals surface area contributed by atoms with Crippen molar-refractivity contribution in [3.63, 3.8) is 0 Å². The molecule has 0 saturated carbocycles.